The van der Waals surface area contributed by atoms with Crippen LogP contribution in [0, 0.1) is 30.6 Å². The number of nitrogens with zero attached hydrogens (tertiary/aromatic N) is 3. The number of hydrogen-bond acceptors (Lipinski definition) is 4. The van der Waals surface area contributed by atoms with Gasteiger partial charge in [-0.3, -0.25) is 0 Å². The van der Waals surface area contributed by atoms with Crippen molar-refractivity contribution in [3.63, 3.8) is 0 Å². The zero-order valence-electron chi connectivity index (χ0n) is 29.3. The van der Waals surface area contributed by atoms with Crippen molar-refractivity contribution < 1.29 is 0 Å². The number of aromatic nitrogens is 3. The molecule has 6 aliphatic carbocycles. The fraction of sp³-hybridized carbons (Fsp3) is 0.298. The lowest BCUT2D eigenvalue weighted by molar-refractivity contribution is -0.0396. The van der Waals surface area contributed by atoms with Gasteiger partial charge in [0.25, 0.3) is 0 Å². The summed E-state index contributed by atoms with van der Waals surface area (Å²) in [6.07, 6.45) is 6.83. The minimum absolute atomic E-state index is 0.00309. The molecule has 2 heterocycles. The topological polar surface area (TPSA) is 38.7 Å². The summed E-state index contributed by atoms with van der Waals surface area (Å²) in [5.41, 5.74) is 13.5. The first-order valence-corrected chi connectivity index (χ1v) is 19.8. The predicted octanol–water partition coefficient (Wildman–Crippen LogP) is 11.9. The quantitative estimate of drug-likeness (QED) is 0.183. The van der Waals surface area contributed by atoms with Gasteiger partial charge in [-0.2, -0.15) is 0 Å². The van der Waals surface area contributed by atoms with Crippen molar-refractivity contribution in [3.8, 4) is 45.0 Å². The van der Waals surface area contributed by atoms with Crippen LogP contribution in [0.15, 0.2) is 97.1 Å². The van der Waals surface area contributed by atoms with Crippen molar-refractivity contribution in [2.24, 2.45) is 23.7 Å². The Bertz CT molecular complexity index is 2630. The summed E-state index contributed by atoms with van der Waals surface area (Å²) in [6.45, 7) is 6.72. The van der Waals surface area contributed by atoms with Crippen molar-refractivity contribution in [1.82, 2.24) is 15.0 Å². The van der Waals surface area contributed by atoms with E-state index in [-0.39, 0.29) is 10.8 Å². The number of rotatable bonds is 2. The Hall–Kier alpha value is -4.67. The number of hydrogen-bond donors (Lipinski definition) is 0. The van der Waals surface area contributed by atoms with Crippen molar-refractivity contribution >= 4 is 31.5 Å². The minimum atomic E-state index is -0.0796. The van der Waals surface area contributed by atoms with E-state index in [1.807, 2.05) is 18.3 Å². The molecule has 0 saturated heterocycles. The van der Waals surface area contributed by atoms with E-state index in [2.05, 4.69) is 111 Å². The van der Waals surface area contributed by atoms with Gasteiger partial charge in [0.2, 0.25) is 0 Å². The fourth-order valence-corrected chi connectivity index (χ4v) is 13.4. The number of aryl methyl sites for hydroxylation is 1. The predicted molar refractivity (Wildman–Crippen MR) is 209 cm³/mol. The highest BCUT2D eigenvalue weighted by atomic mass is 32.1. The highest BCUT2D eigenvalue weighted by Crippen LogP contribution is 2.71. The van der Waals surface area contributed by atoms with Crippen LogP contribution in [0.1, 0.15) is 74.0 Å². The summed E-state index contributed by atoms with van der Waals surface area (Å²) in [5, 5.41) is 2.77. The Kier molecular flexibility index (Phi) is 5.57. The first-order chi connectivity index (χ1) is 24.9. The molecule has 4 bridgehead atoms. The second-order valence-electron chi connectivity index (χ2n) is 16.9. The number of thiophene rings is 1. The Morgan fingerprint density at radius 2 is 1.25 bits per heavy atom. The molecule has 51 heavy (non-hydrogen) atoms. The van der Waals surface area contributed by atoms with Crippen LogP contribution in [0.2, 0.25) is 0 Å². The molecule has 0 radical (unpaired) electrons. The van der Waals surface area contributed by atoms with Crippen LogP contribution in [-0.2, 0) is 10.8 Å². The van der Waals surface area contributed by atoms with E-state index in [9.17, 15) is 0 Å². The molecule has 0 unspecified atom stereocenters. The molecule has 4 heteroatoms. The van der Waals surface area contributed by atoms with Gasteiger partial charge < -0.3 is 0 Å². The average Bonchev–Trinajstić information content (AvgIpc) is 3.73. The van der Waals surface area contributed by atoms with Crippen LogP contribution in [0.4, 0.5) is 0 Å². The molecule has 5 aromatic carbocycles. The largest absolute Gasteiger partial charge is 0.213 e. The van der Waals surface area contributed by atoms with Crippen LogP contribution in [0.25, 0.3) is 65.2 Å². The van der Waals surface area contributed by atoms with Gasteiger partial charge in [0.05, 0.1) is 0 Å². The smallest absolute Gasteiger partial charge is 0.164 e. The van der Waals surface area contributed by atoms with Gasteiger partial charge in [-0.15, -0.1) is 11.3 Å². The fourth-order valence-electron chi connectivity index (χ4n) is 12.2. The van der Waals surface area contributed by atoms with E-state index in [1.54, 1.807) is 5.56 Å². The Balaban J connectivity index is 1.08. The highest BCUT2D eigenvalue weighted by Gasteiger charge is 2.62. The molecular formula is C47H39N3S. The molecule has 4 fully saturated rings. The summed E-state index contributed by atoms with van der Waals surface area (Å²) < 4.78 is 2.81. The van der Waals surface area contributed by atoms with E-state index in [0.29, 0.717) is 11.8 Å². The molecular weight excluding hydrogens is 639 g/mol. The third-order valence-corrected chi connectivity index (χ3v) is 15.1. The van der Waals surface area contributed by atoms with E-state index in [4.69, 9.17) is 15.0 Å². The van der Waals surface area contributed by atoms with Crippen LogP contribution in [0.3, 0.4) is 0 Å². The van der Waals surface area contributed by atoms with Crippen molar-refractivity contribution in [1.29, 1.82) is 0 Å². The average molecular weight is 678 g/mol. The zero-order valence-corrected chi connectivity index (χ0v) is 30.1. The van der Waals surface area contributed by atoms with Gasteiger partial charge in [-0.1, -0.05) is 86.6 Å². The minimum Gasteiger partial charge on any atom is -0.213 e. The molecule has 0 aliphatic heterocycles. The first-order valence-electron chi connectivity index (χ1n) is 19.0. The van der Waals surface area contributed by atoms with Gasteiger partial charge in [0.15, 0.2) is 11.6 Å². The van der Waals surface area contributed by atoms with Crippen LogP contribution >= 0.6 is 11.3 Å². The standard InChI is InChI=1S/C47H39N3S/c1-25-48-44(28-15-16-32-31-9-4-6-13-38(31)46(2,3)39(32)22-28)50-45(49-25)35-12-8-11-34-36-23-37-33-10-5-7-14-41(33)51-42(37)24-40(36)47(43(34)35)29-18-26-17-27(20-29)21-30(47)19-26/h4-16,22-24,26-27,29-30H,17-21H2,1-3H3. The van der Waals surface area contributed by atoms with E-state index in [1.165, 1.54) is 96.8 Å². The van der Waals surface area contributed by atoms with E-state index in [0.717, 1.165) is 34.9 Å². The van der Waals surface area contributed by atoms with Crippen LogP contribution < -0.4 is 0 Å². The Labute approximate surface area is 302 Å². The summed E-state index contributed by atoms with van der Waals surface area (Å²) in [7, 11) is 0. The second-order valence-corrected chi connectivity index (χ2v) is 17.9. The van der Waals surface area contributed by atoms with E-state index >= 15 is 0 Å². The molecule has 0 amide bonds. The van der Waals surface area contributed by atoms with Crippen molar-refractivity contribution in [3.05, 3.63) is 125 Å². The molecule has 0 atom stereocenters. The lowest BCUT2D eigenvalue weighted by atomic mass is 9.43. The SMILES string of the molecule is Cc1nc(-c2ccc3c(c2)C(C)(C)c2ccccc2-3)nc(-c2cccc3c2C2(c4cc5sc6ccccc6c5cc4-3)C3CC4CC(C3)CC2C4)n1. The monoisotopic (exact) mass is 677 g/mol. The Morgan fingerprint density at radius 3 is 2.10 bits per heavy atom. The maximum Gasteiger partial charge on any atom is 0.164 e. The Morgan fingerprint density at radius 1 is 0.549 bits per heavy atom. The molecule has 6 aliphatic rings. The first kappa shape index (κ1) is 29.0. The summed E-state index contributed by atoms with van der Waals surface area (Å²) >= 11 is 1.96. The normalized spacial score (nSPS) is 25.8. The maximum absolute atomic E-state index is 5.40. The highest BCUT2D eigenvalue weighted by molar-refractivity contribution is 7.25. The lowest BCUT2D eigenvalue weighted by Gasteiger charge is -2.61. The third-order valence-electron chi connectivity index (χ3n) is 14.0. The summed E-state index contributed by atoms with van der Waals surface area (Å²) in [6, 6.07) is 36.8. The summed E-state index contributed by atoms with van der Waals surface area (Å²) in [4.78, 5) is 15.6. The molecule has 2 aromatic heterocycles. The molecule has 13 rings (SSSR count). The molecule has 7 aromatic rings. The number of benzene rings is 5. The lowest BCUT2D eigenvalue weighted by Crippen LogP contribution is -2.55. The molecule has 0 N–H and O–H groups in total. The van der Waals surface area contributed by atoms with Crippen molar-refractivity contribution in [2.45, 2.75) is 63.7 Å². The number of fused-ring (bicyclic) bond motifs is 9. The van der Waals surface area contributed by atoms with Crippen molar-refractivity contribution in [2.75, 3.05) is 0 Å². The maximum atomic E-state index is 5.40. The third kappa shape index (κ3) is 3.67. The molecule has 1 spiro atoms. The van der Waals surface area contributed by atoms with Gasteiger partial charge in [0.1, 0.15) is 5.82 Å². The van der Waals surface area contributed by atoms with Gasteiger partial charge >= 0.3 is 0 Å². The zero-order chi connectivity index (χ0) is 33.8. The molecule has 3 nitrogen and oxygen atoms in total. The van der Waals surface area contributed by atoms with E-state index < -0.39 is 0 Å². The van der Waals surface area contributed by atoms with Crippen LogP contribution in [-0.4, -0.2) is 15.0 Å². The van der Waals surface area contributed by atoms with Crippen LogP contribution in [0.5, 0.6) is 0 Å². The van der Waals surface area contributed by atoms with Gasteiger partial charge in [-0.25, -0.2) is 15.0 Å². The second kappa shape index (κ2) is 9.80. The molecule has 248 valence electrons. The van der Waals surface area contributed by atoms with Gasteiger partial charge in [-0.05, 0) is 131 Å². The molecule has 4 saturated carbocycles. The summed E-state index contributed by atoms with van der Waals surface area (Å²) in [5.74, 6) is 5.45. The van der Waals surface area contributed by atoms with Gasteiger partial charge in [0, 0.05) is 42.1 Å².